The van der Waals surface area contributed by atoms with Gasteiger partial charge in [-0.25, -0.2) is 4.79 Å². The van der Waals surface area contributed by atoms with Gasteiger partial charge < -0.3 is 14.2 Å². The molecule has 4 nitrogen and oxygen atoms in total. The number of rotatable bonds is 7. The number of methoxy groups -OCH3 is 1. The number of carbonyl (C=O) groups excluding carboxylic acids is 1. The van der Waals surface area contributed by atoms with Gasteiger partial charge in [-0.15, -0.1) is 0 Å². The first-order chi connectivity index (χ1) is 15.2. The minimum absolute atomic E-state index is 0.124. The van der Waals surface area contributed by atoms with E-state index >= 15 is 0 Å². The van der Waals surface area contributed by atoms with Crippen LogP contribution in [0.3, 0.4) is 0 Å². The third-order valence-corrected chi connectivity index (χ3v) is 4.46. The zero-order valence-corrected chi connectivity index (χ0v) is 17.6. The van der Waals surface area contributed by atoms with E-state index in [-0.39, 0.29) is 6.61 Å². The number of carbonyl (C=O) groups is 1. The highest BCUT2D eigenvalue weighted by Crippen LogP contribution is 2.24. The van der Waals surface area contributed by atoms with Gasteiger partial charge in [-0.2, -0.15) is 0 Å². The lowest BCUT2D eigenvalue weighted by molar-refractivity contribution is -0.142. The monoisotopic (exact) mass is 412 g/mol. The van der Waals surface area contributed by atoms with Crippen molar-refractivity contribution in [3.63, 3.8) is 0 Å². The van der Waals surface area contributed by atoms with E-state index in [4.69, 9.17) is 9.47 Å². The molecule has 0 aliphatic carbocycles. The third-order valence-electron chi connectivity index (χ3n) is 4.46. The number of hydrogen-bond acceptors (Lipinski definition) is 4. The van der Waals surface area contributed by atoms with E-state index < -0.39 is 5.97 Å². The van der Waals surface area contributed by atoms with Crippen LogP contribution in [-0.2, 0) is 9.53 Å². The van der Waals surface area contributed by atoms with Gasteiger partial charge in [0.2, 0.25) is 0 Å². The molecule has 3 aromatic carbocycles. The minimum atomic E-state index is -0.421. The SMILES string of the molecule is COC(=O)COc1ccc(OCC=C(C#Cc2ccccc2)c2ccccc2)cc1C. The molecule has 0 spiro atoms. The van der Waals surface area contributed by atoms with Gasteiger partial charge in [0.05, 0.1) is 7.11 Å². The second-order valence-electron chi connectivity index (χ2n) is 6.70. The quantitative estimate of drug-likeness (QED) is 0.402. The zero-order chi connectivity index (χ0) is 21.9. The van der Waals surface area contributed by atoms with Gasteiger partial charge in [0.1, 0.15) is 18.1 Å². The summed E-state index contributed by atoms with van der Waals surface area (Å²) in [5, 5.41) is 0. The van der Waals surface area contributed by atoms with Crippen molar-refractivity contribution in [3.8, 4) is 23.3 Å². The molecule has 4 heteroatoms. The van der Waals surface area contributed by atoms with Gasteiger partial charge >= 0.3 is 5.97 Å². The van der Waals surface area contributed by atoms with Crippen molar-refractivity contribution < 1.29 is 19.0 Å². The Kier molecular flexibility index (Phi) is 7.90. The molecule has 0 fully saturated rings. The first-order valence-electron chi connectivity index (χ1n) is 9.91. The standard InChI is InChI=1S/C27H24O4/c1-21-19-25(15-16-26(21)31-20-27(28)29-2)30-18-17-24(23-11-7-4-8-12-23)14-13-22-9-5-3-6-10-22/h3-12,15-17,19H,18,20H2,1-2H3. The first-order valence-corrected chi connectivity index (χ1v) is 9.91. The van der Waals surface area contributed by atoms with Crippen molar-refractivity contribution in [3.05, 3.63) is 102 Å². The molecular weight excluding hydrogens is 388 g/mol. The summed E-state index contributed by atoms with van der Waals surface area (Å²) in [5.74, 6) is 7.37. The van der Waals surface area contributed by atoms with Crippen LogP contribution in [0.2, 0.25) is 0 Å². The molecule has 156 valence electrons. The van der Waals surface area contributed by atoms with Crippen LogP contribution in [0.5, 0.6) is 11.5 Å². The number of aryl methyl sites for hydroxylation is 1. The predicted molar refractivity (Wildman–Crippen MR) is 122 cm³/mol. The van der Waals surface area contributed by atoms with Crippen LogP contribution < -0.4 is 9.47 Å². The van der Waals surface area contributed by atoms with Crippen LogP contribution in [-0.4, -0.2) is 26.3 Å². The molecule has 3 aromatic rings. The van der Waals surface area contributed by atoms with E-state index in [0.29, 0.717) is 18.1 Å². The average molecular weight is 412 g/mol. The number of ether oxygens (including phenoxy) is 3. The highest BCUT2D eigenvalue weighted by Gasteiger charge is 2.06. The lowest BCUT2D eigenvalue weighted by Gasteiger charge is -2.10. The Balaban J connectivity index is 1.70. The van der Waals surface area contributed by atoms with Crippen molar-refractivity contribution in [1.82, 2.24) is 0 Å². The Labute approximate surface area is 183 Å². The molecule has 3 rings (SSSR count). The van der Waals surface area contributed by atoms with Crippen molar-refractivity contribution >= 4 is 11.5 Å². The molecule has 0 aliphatic heterocycles. The summed E-state index contributed by atoms with van der Waals surface area (Å²) in [7, 11) is 1.33. The summed E-state index contributed by atoms with van der Waals surface area (Å²) >= 11 is 0. The van der Waals surface area contributed by atoms with Crippen LogP contribution in [0.15, 0.2) is 84.9 Å². The number of benzene rings is 3. The van der Waals surface area contributed by atoms with Gasteiger partial charge in [-0.1, -0.05) is 60.4 Å². The topological polar surface area (TPSA) is 44.8 Å². The van der Waals surface area contributed by atoms with Crippen molar-refractivity contribution in [1.29, 1.82) is 0 Å². The molecule has 0 bridgehead atoms. The molecule has 0 saturated heterocycles. The van der Waals surface area contributed by atoms with Crippen LogP contribution in [0.1, 0.15) is 16.7 Å². The maximum absolute atomic E-state index is 11.2. The van der Waals surface area contributed by atoms with E-state index in [9.17, 15) is 4.79 Å². The average Bonchev–Trinajstić information content (AvgIpc) is 2.81. The Morgan fingerprint density at radius 1 is 0.935 bits per heavy atom. The van der Waals surface area contributed by atoms with Crippen LogP contribution in [0.4, 0.5) is 0 Å². The van der Waals surface area contributed by atoms with Gasteiger partial charge in [-0.3, -0.25) is 0 Å². The van der Waals surface area contributed by atoms with Gasteiger partial charge in [0.25, 0.3) is 0 Å². The fourth-order valence-electron chi connectivity index (χ4n) is 2.81. The second kappa shape index (κ2) is 11.3. The summed E-state index contributed by atoms with van der Waals surface area (Å²) in [6.07, 6.45) is 1.97. The normalized spacial score (nSPS) is 10.6. The largest absolute Gasteiger partial charge is 0.489 e. The van der Waals surface area contributed by atoms with Crippen molar-refractivity contribution in [2.24, 2.45) is 0 Å². The molecule has 0 N–H and O–H groups in total. The van der Waals surface area contributed by atoms with E-state index in [0.717, 1.165) is 22.3 Å². The Bertz CT molecular complexity index is 1090. The number of allylic oxidation sites excluding steroid dienone is 1. The molecule has 31 heavy (non-hydrogen) atoms. The number of hydrogen-bond donors (Lipinski definition) is 0. The van der Waals surface area contributed by atoms with Crippen LogP contribution in [0, 0.1) is 18.8 Å². The molecule has 0 saturated carbocycles. The summed E-state index contributed by atoms with van der Waals surface area (Å²) in [4.78, 5) is 11.2. The third kappa shape index (κ3) is 6.80. The fourth-order valence-corrected chi connectivity index (χ4v) is 2.81. The molecule has 0 amide bonds. The Morgan fingerprint density at radius 3 is 2.32 bits per heavy atom. The maximum atomic E-state index is 11.2. The first kappa shape index (κ1) is 21.7. The smallest absolute Gasteiger partial charge is 0.343 e. The molecule has 0 atom stereocenters. The highest BCUT2D eigenvalue weighted by molar-refractivity contribution is 5.79. The molecule has 0 heterocycles. The lowest BCUT2D eigenvalue weighted by atomic mass is 10.1. The highest BCUT2D eigenvalue weighted by atomic mass is 16.6. The van der Waals surface area contributed by atoms with E-state index in [2.05, 4.69) is 16.6 Å². The lowest BCUT2D eigenvalue weighted by Crippen LogP contribution is -2.13. The van der Waals surface area contributed by atoms with Crippen LogP contribution >= 0.6 is 0 Å². The Morgan fingerprint density at radius 2 is 1.65 bits per heavy atom. The Hall–Kier alpha value is -3.97. The summed E-state index contributed by atoms with van der Waals surface area (Å²) < 4.78 is 15.9. The maximum Gasteiger partial charge on any atom is 0.343 e. The molecular formula is C27H24O4. The van der Waals surface area contributed by atoms with Crippen molar-refractivity contribution in [2.45, 2.75) is 6.92 Å². The van der Waals surface area contributed by atoms with Crippen LogP contribution in [0.25, 0.3) is 5.57 Å². The van der Waals surface area contributed by atoms with Crippen molar-refractivity contribution in [2.75, 3.05) is 20.3 Å². The second-order valence-corrected chi connectivity index (χ2v) is 6.70. The molecule has 0 radical (unpaired) electrons. The molecule has 0 unspecified atom stereocenters. The van der Waals surface area contributed by atoms with Gasteiger partial charge in [0.15, 0.2) is 6.61 Å². The van der Waals surface area contributed by atoms with Gasteiger partial charge in [-0.05, 0) is 54.5 Å². The van der Waals surface area contributed by atoms with Gasteiger partial charge in [0, 0.05) is 11.1 Å². The van der Waals surface area contributed by atoms with E-state index in [1.54, 1.807) is 6.07 Å². The zero-order valence-electron chi connectivity index (χ0n) is 17.6. The minimum Gasteiger partial charge on any atom is -0.489 e. The fraction of sp³-hybridized carbons (Fsp3) is 0.148. The van der Waals surface area contributed by atoms with E-state index in [1.807, 2.05) is 85.8 Å². The summed E-state index contributed by atoms with van der Waals surface area (Å²) in [6, 6.07) is 25.4. The summed E-state index contributed by atoms with van der Waals surface area (Å²) in [6.45, 7) is 2.15. The molecule has 0 aliphatic rings. The number of esters is 1. The van der Waals surface area contributed by atoms with E-state index in [1.165, 1.54) is 7.11 Å². The molecule has 0 aromatic heterocycles. The summed E-state index contributed by atoms with van der Waals surface area (Å²) in [5.41, 5.74) is 3.78. The predicted octanol–water partition coefficient (Wildman–Crippen LogP) is 5.06.